The summed E-state index contributed by atoms with van der Waals surface area (Å²) < 4.78 is 0. The van der Waals surface area contributed by atoms with E-state index in [2.05, 4.69) is 4.98 Å². The van der Waals surface area contributed by atoms with Gasteiger partial charge in [0.1, 0.15) is 11.4 Å². The van der Waals surface area contributed by atoms with Crippen molar-refractivity contribution in [2.24, 2.45) is 0 Å². The lowest BCUT2D eigenvalue weighted by atomic mass is 10.1. The van der Waals surface area contributed by atoms with Gasteiger partial charge in [0, 0.05) is 18.3 Å². The van der Waals surface area contributed by atoms with Crippen LogP contribution < -0.4 is 4.90 Å². The zero-order valence-electron chi connectivity index (χ0n) is 11.2. The summed E-state index contributed by atoms with van der Waals surface area (Å²) in [5, 5.41) is 9.89. The maximum atomic E-state index is 11.2. The van der Waals surface area contributed by atoms with Gasteiger partial charge in [-0.05, 0) is 36.8 Å². The lowest BCUT2D eigenvalue weighted by molar-refractivity contribution is 0.0697. The summed E-state index contributed by atoms with van der Waals surface area (Å²) >= 11 is 5.88. The minimum atomic E-state index is -0.983. The van der Waals surface area contributed by atoms with Crippen molar-refractivity contribution in [1.82, 2.24) is 4.98 Å². The Morgan fingerprint density at radius 1 is 1.30 bits per heavy atom. The minimum Gasteiger partial charge on any atom is -0.478 e. The fraction of sp³-hybridized carbons (Fsp3) is 0.200. The van der Waals surface area contributed by atoms with Gasteiger partial charge in [0.05, 0.1) is 6.04 Å². The van der Waals surface area contributed by atoms with E-state index in [9.17, 15) is 9.90 Å². The number of hydrogen-bond acceptors (Lipinski definition) is 3. The van der Waals surface area contributed by atoms with Gasteiger partial charge < -0.3 is 10.0 Å². The Balaban J connectivity index is 2.33. The van der Waals surface area contributed by atoms with Gasteiger partial charge in [-0.25, -0.2) is 9.78 Å². The number of aromatic nitrogens is 1. The van der Waals surface area contributed by atoms with Gasteiger partial charge in [-0.1, -0.05) is 23.7 Å². The molecule has 1 unspecified atom stereocenters. The van der Waals surface area contributed by atoms with E-state index in [-0.39, 0.29) is 11.6 Å². The Hall–Kier alpha value is -2.07. The van der Waals surface area contributed by atoms with E-state index in [4.69, 9.17) is 11.6 Å². The second-order valence-corrected chi connectivity index (χ2v) is 4.95. The van der Waals surface area contributed by atoms with E-state index in [0.29, 0.717) is 10.8 Å². The van der Waals surface area contributed by atoms with Crippen LogP contribution in [0.5, 0.6) is 0 Å². The van der Waals surface area contributed by atoms with E-state index >= 15 is 0 Å². The van der Waals surface area contributed by atoms with Crippen LogP contribution in [-0.2, 0) is 0 Å². The Morgan fingerprint density at radius 2 is 1.95 bits per heavy atom. The largest absolute Gasteiger partial charge is 0.478 e. The van der Waals surface area contributed by atoms with Crippen LogP contribution in [0.25, 0.3) is 0 Å². The lowest BCUT2D eigenvalue weighted by Gasteiger charge is -2.27. The maximum absolute atomic E-state index is 11.2. The van der Waals surface area contributed by atoms with Gasteiger partial charge in [0.2, 0.25) is 0 Å². The summed E-state index contributed by atoms with van der Waals surface area (Å²) in [7, 11) is 1.83. The van der Waals surface area contributed by atoms with Gasteiger partial charge in [0.25, 0.3) is 0 Å². The molecule has 0 amide bonds. The molecule has 1 aromatic heterocycles. The first kappa shape index (κ1) is 14.3. The highest BCUT2D eigenvalue weighted by Gasteiger charge is 2.19. The summed E-state index contributed by atoms with van der Waals surface area (Å²) in [4.78, 5) is 17.3. The van der Waals surface area contributed by atoms with E-state index in [1.165, 1.54) is 0 Å². The topological polar surface area (TPSA) is 53.4 Å². The van der Waals surface area contributed by atoms with E-state index < -0.39 is 5.97 Å². The molecule has 0 bridgehead atoms. The van der Waals surface area contributed by atoms with Crippen LogP contribution in [0.4, 0.5) is 5.82 Å². The molecule has 0 aliphatic heterocycles. The van der Waals surface area contributed by atoms with Gasteiger partial charge in [-0.15, -0.1) is 0 Å². The van der Waals surface area contributed by atoms with Crippen LogP contribution in [0, 0.1) is 0 Å². The standard InChI is InChI=1S/C15H15ClN2O2/c1-10(11-5-7-12(16)8-6-11)18(2)14-13(15(19)20)4-3-9-17-14/h3-10H,1-2H3,(H,19,20). The molecular formula is C15H15ClN2O2. The highest BCUT2D eigenvalue weighted by molar-refractivity contribution is 6.30. The molecule has 104 valence electrons. The molecule has 5 heteroatoms. The smallest absolute Gasteiger partial charge is 0.339 e. The number of carbonyl (C=O) groups is 1. The number of benzene rings is 1. The van der Waals surface area contributed by atoms with Crippen molar-refractivity contribution in [1.29, 1.82) is 0 Å². The summed E-state index contributed by atoms with van der Waals surface area (Å²) in [6, 6.07) is 10.6. The Bertz CT molecular complexity index is 614. The van der Waals surface area contributed by atoms with Crippen molar-refractivity contribution in [2.45, 2.75) is 13.0 Å². The SMILES string of the molecule is CC(c1ccc(Cl)cc1)N(C)c1ncccc1C(=O)O. The summed E-state index contributed by atoms with van der Waals surface area (Å²) in [6.45, 7) is 1.99. The molecule has 0 radical (unpaired) electrons. The molecule has 1 atom stereocenters. The molecule has 0 aliphatic carbocycles. The molecule has 2 rings (SSSR count). The zero-order chi connectivity index (χ0) is 14.7. The average Bonchev–Trinajstić information content (AvgIpc) is 2.46. The first-order valence-corrected chi connectivity index (χ1v) is 6.55. The number of anilines is 1. The van der Waals surface area contributed by atoms with Crippen LogP contribution in [0.3, 0.4) is 0 Å². The zero-order valence-corrected chi connectivity index (χ0v) is 12.0. The van der Waals surface area contributed by atoms with E-state index in [1.807, 2.05) is 43.1 Å². The second kappa shape index (κ2) is 5.92. The Labute approximate surface area is 122 Å². The molecule has 1 heterocycles. The van der Waals surface area contributed by atoms with Crippen LogP contribution >= 0.6 is 11.6 Å². The first-order valence-electron chi connectivity index (χ1n) is 6.17. The van der Waals surface area contributed by atoms with Crippen LogP contribution in [0.1, 0.15) is 28.9 Å². The molecule has 0 fully saturated rings. The number of carboxylic acids is 1. The number of nitrogens with zero attached hydrogens (tertiary/aromatic N) is 2. The molecular weight excluding hydrogens is 276 g/mol. The maximum Gasteiger partial charge on any atom is 0.339 e. The van der Waals surface area contributed by atoms with Crippen LogP contribution in [0.15, 0.2) is 42.6 Å². The minimum absolute atomic E-state index is 0.0136. The van der Waals surface area contributed by atoms with Crippen LogP contribution in [0.2, 0.25) is 5.02 Å². The highest BCUT2D eigenvalue weighted by atomic mass is 35.5. The normalized spacial score (nSPS) is 11.9. The van der Waals surface area contributed by atoms with Gasteiger partial charge in [-0.2, -0.15) is 0 Å². The molecule has 4 nitrogen and oxygen atoms in total. The average molecular weight is 291 g/mol. The quantitative estimate of drug-likeness (QED) is 0.934. The third kappa shape index (κ3) is 2.91. The van der Waals surface area contributed by atoms with E-state index in [1.54, 1.807) is 18.3 Å². The molecule has 0 saturated carbocycles. The number of aromatic carboxylic acids is 1. The van der Waals surface area contributed by atoms with Gasteiger partial charge in [-0.3, -0.25) is 0 Å². The van der Waals surface area contributed by atoms with Gasteiger partial charge in [0.15, 0.2) is 0 Å². The number of hydrogen-bond donors (Lipinski definition) is 1. The predicted molar refractivity (Wildman–Crippen MR) is 79.5 cm³/mol. The monoisotopic (exact) mass is 290 g/mol. The Morgan fingerprint density at radius 3 is 2.55 bits per heavy atom. The molecule has 0 saturated heterocycles. The summed E-state index contributed by atoms with van der Waals surface area (Å²) in [6.07, 6.45) is 1.59. The van der Waals surface area contributed by atoms with Crippen LogP contribution in [-0.4, -0.2) is 23.1 Å². The molecule has 0 aliphatic rings. The number of pyridine rings is 1. The highest BCUT2D eigenvalue weighted by Crippen LogP contribution is 2.27. The van der Waals surface area contributed by atoms with E-state index in [0.717, 1.165) is 5.56 Å². The summed E-state index contributed by atoms with van der Waals surface area (Å²) in [5.74, 6) is -0.536. The molecule has 20 heavy (non-hydrogen) atoms. The molecule has 0 spiro atoms. The van der Waals surface area contributed by atoms with Crippen molar-refractivity contribution in [3.8, 4) is 0 Å². The van der Waals surface area contributed by atoms with Crippen molar-refractivity contribution in [2.75, 3.05) is 11.9 Å². The molecule has 1 N–H and O–H groups in total. The van der Waals surface area contributed by atoms with Crippen molar-refractivity contribution in [3.05, 3.63) is 58.7 Å². The summed E-state index contributed by atoms with van der Waals surface area (Å²) in [5.41, 5.74) is 1.23. The molecule has 1 aromatic carbocycles. The third-order valence-corrected chi connectivity index (χ3v) is 3.54. The first-order chi connectivity index (χ1) is 9.50. The number of halogens is 1. The van der Waals surface area contributed by atoms with Gasteiger partial charge >= 0.3 is 5.97 Å². The number of rotatable bonds is 4. The fourth-order valence-corrected chi connectivity index (χ4v) is 2.12. The molecule has 2 aromatic rings. The number of carboxylic acid groups (broad SMARTS) is 1. The van der Waals surface area contributed by atoms with Crippen molar-refractivity contribution >= 4 is 23.4 Å². The van der Waals surface area contributed by atoms with Crippen molar-refractivity contribution in [3.63, 3.8) is 0 Å². The third-order valence-electron chi connectivity index (χ3n) is 3.28. The fourth-order valence-electron chi connectivity index (χ4n) is 1.99. The second-order valence-electron chi connectivity index (χ2n) is 4.52. The lowest BCUT2D eigenvalue weighted by Crippen LogP contribution is -2.24. The predicted octanol–water partition coefficient (Wildman–Crippen LogP) is 3.63. The van der Waals surface area contributed by atoms with Crippen molar-refractivity contribution < 1.29 is 9.90 Å². The Kier molecular flexibility index (Phi) is 4.25.